The topological polar surface area (TPSA) is 96.5 Å². The van der Waals surface area contributed by atoms with Crippen molar-refractivity contribution in [3.8, 4) is 5.69 Å². The third-order valence-electron chi connectivity index (χ3n) is 6.25. The molecule has 0 spiro atoms. The number of para-hydroxylation sites is 1. The highest BCUT2D eigenvalue weighted by molar-refractivity contribution is 6.32. The van der Waals surface area contributed by atoms with Gasteiger partial charge < -0.3 is 15.1 Å². The van der Waals surface area contributed by atoms with E-state index >= 15 is 0 Å². The van der Waals surface area contributed by atoms with Crippen molar-refractivity contribution in [3.63, 3.8) is 0 Å². The number of piperazine rings is 1. The number of rotatable bonds is 4. The van der Waals surface area contributed by atoms with Gasteiger partial charge in [0.15, 0.2) is 5.65 Å². The maximum atomic E-state index is 13.4. The summed E-state index contributed by atoms with van der Waals surface area (Å²) < 4.78 is 3.08. The van der Waals surface area contributed by atoms with Crippen LogP contribution in [0.15, 0.2) is 65.8 Å². The number of anilines is 3. The van der Waals surface area contributed by atoms with Gasteiger partial charge in [-0.25, -0.2) is 14.0 Å². The largest absolute Gasteiger partial charge is 0.369 e. The van der Waals surface area contributed by atoms with Gasteiger partial charge in [0.25, 0.3) is 5.56 Å². The fraction of sp³-hybridized carbons (Fsp3) is 0.208. The van der Waals surface area contributed by atoms with Crippen LogP contribution < -0.4 is 15.8 Å². The van der Waals surface area contributed by atoms with Crippen LogP contribution in [0.2, 0.25) is 5.02 Å². The number of halogens is 1. The molecule has 176 valence electrons. The Balaban J connectivity index is 1.35. The Bertz CT molecular complexity index is 1590. The zero-order valence-corrected chi connectivity index (χ0v) is 19.7. The lowest BCUT2D eigenvalue weighted by Crippen LogP contribution is -2.44. The van der Waals surface area contributed by atoms with Crippen LogP contribution in [-0.4, -0.2) is 67.3 Å². The number of hydrogen-bond donors (Lipinski definition) is 1. The lowest BCUT2D eigenvalue weighted by Gasteiger charge is -2.34. The summed E-state index contributed by atoms with van der Waals surface area (Å²) in [7, 11) is 2.15. The maximum Gasteiger partial charge on any atom is 0.270 e. The normalized spacial score (nSPS) is 14.6. The molecule has 0 unspecified atom stereocenters. The summed E-state index contributed by atoms with van der Waals surface area (Å²) in [6.07, 6.45) is 3.03. The molecule has 0 aliphatic carbocycles. The van der Waals surface area contributed by atoms with E-state index in [1.165, 1.54) is 22.8 Å². The van der Waals surface area contributed by atoms with E-state index in [9.17, 15) is 4.79 Å². The molecule has 0 bridgehead atoms. The minimum atomic E-state index is -0.323. The SMILES string of the molecule is CN1CCN(c2ccc(Nc3ncc4c(=O)n(-c5ccccc5Cl)c5nncn5c4n3)cc2)CC1. The predicted molar refractivity (Wildman–Crippen MR) is 136 cm³/mol. The summed E-state index contributed by atoms with van der Waals surface area (Å²) in [4.78, 5) is 27.1. The van der Waals surface area contributed by atoms with Gasteiger partial charge in [0.2, 0.25) is 11.7 Å². The second-order valence-corrected chi connectivity index (χ2v) is 8.89. The van der Waals surface area contributed by atoms with Gasteiger partial charge in [-0.2, -0.15) is 4.98 Å². The average Bonchev–Trinajstić information content (AvgIpc) is 3.36. The monoisotopic (exact) mass is 487 g/mol. The van der Waals surface area contributed by atoms with E-state index in [0.717, 1.165) is 31.9 Å². The van der Waals surface area contributed by atoms with Gasteiger partial charge in [0, 0.05) is 43.8 Å². The van der Waals surface area contributed by atoms with Crippen molar-refractivity contribution in [2.45, 2.75) is 0 Å². The molecule has 10 nitrogen and oxygen atoms in total. The molecule has 0 amide bonds. The van der Waals surface area contributed by atoms with Gasteiger partial charge in [-0.1, -0.05) is 23.7 Å². The highest BCUT2D eigenvalue weighted by atomic mass is 35.5. The molecule has 4 heterocycles. The Kier molecular flexibility index (Phi) is 5.31. The van der Waals surface area contributed by atoms with Gasteiger partial charge >= 0.3 is 0 Å². The summed E-state index contributed by atoms with van der Waals surface area (Å²) in [5.41, 5.74) is 2.64. The van der Waals surface area contributed by atoms with Crippen LogP contribution in [0.1, 0.15) is 0 Å². The predicted octanol–water partition coefficient (Wildman–Crippen LogP) is 2.97. The fourth-order valence-corrected chi connectivity index (χ4v) is 4.53. The first kappa shape index (κ1) is 21.5. The van der Waals surface area contributed by atoms with E-state index in [4.69, 9.17) is 11.6 Å². The Hall–Kier alpha value is -4.02. The number of aromatic nitrogens is 6. The van der Waals surface area contributed by atoms with Gasteiger partial charge in [0.1, 0.15) is 11.7 Å². The molecule has 1 aliphatic heterocycles. The van der Waals surface area contributed by atoms with E-state index in [1.807, 2.05) is 18.2 Å². The minimum absolute atomic E-state index is 0.316. The van der Waals surface area contributed by atoms with E-state index in [-0.39, 0.29) is 5.56 Å². The number of likely N-dealkylation sites (N-methyl/N-ethyl adjacent to an activating group) is 1. The Morgan fingerprint density at radius 3 is 2.54 bits per heavy atom. The number of nitrogens with one attached hydrogen (secondary N) is 1. The van der Waals surface area contributed by atoms with Crippen molar-refractivity contribution >= 4 is 45.7 Å². The zero-order chi connectivity index (χ0) is 23.9. The number of fused-ring (bicyclic) bond motifs is 3. The quantitative estimate of drug-likeness (QED) is 0.413. The highest BCUT2D eigenvalue weighted by Crippen LogP contribution is 2.23. The van der Waals surface area contributed by atoms with Crippen LogP contribution in [0, 0.1) is 0 Å². The molecule has 35 heavy (non-hydrogen) atoms. The molecule has 1 fully saturated rings. The molecule has 0 saturated carbocycles. The molecule has 1 saturated heterocycles. The molecular formula is C24H22ClN9O. The molecule has 2 aromatic carbocycles. The third kappa shape index (κ3) is 3.86. The molecule has 3 aromatic heterocycles. The van der Waals surface area contributed by atoms with Crippen molar-refractivity contribution in [1.82, 2.24) is 34.0 Å². The van der Waals surface area contributed by atoms with Gasteiger partial charge in [-0.3, -0.25) is 4.79 Å². The van der Waals surface area contributed by atoms with Crippen molar-refractivity contribution < 1.29 is 0 Å². The van der Waals surface area contributed by atoms with Gasteiger partial charge in [-0.05, 0) is 43.4 Å². The number of nitrogens with zero attached hydrogens (tertiary/aromatic N) is 8. The molecule has 11 heteroatoms. The molecule has 6 rings (SSSR count). The average molecular weight is 488 g/mol. The van der Waals surface area contributed by atoms with E-state index in [2.05, 4.69) is 54.5 Å². The zero-order valence-electron chi connectivity index (χ0n) is 19.0. The van der Waals surface area contributed by atoms with Gasteiger partial charge in [-0.15, -0.1) is 10.2 Å². The maximum absolute atomic E-state index is 13.4. The van der Waals surface area contributed by atoms with Crippen LogP contribution >= 0.6 is 11.6 Å². The molecule has 0 radical (unpaired) electrons. The van der Waals surface area contributed by atoms with E-state index < -0.39 is 0 Å². The van der Waals surface area contributed by atoms with E-state index in [1.54, 1.807) is 22.6 Å². The van der Waals surface area contributed by atoms with E-state index in [0.29, 0.717) is 33.5 Å². The molecule has 1 N–H and O–H groups in total. The van der Waals surface area contributed by atoms with Gasteiger partial charge in [0.05, 0.1) is 10.7 Å². The number of benzene rings is 2. The first-order valence-corrected chi connectivity index (χ1v) is 11.6. The first-order chi connectivity index (χ1) is 17.1. The van der Waals surface area contributed by atoms with Crippen LogP contribution in [0.4, 0.5) is 17.3 Å². The molecular weight excluding hydrogens is 466 g/mol. The summed E-state index contributed by atoms with van der Waals surface area (Å²) in [5.74, 6) is 0.687. The summed E-state index contributed by atoms with van der Waals surface area (Å²) >= 11 is 6.37. The summed E-state index contributed by atoms with van der Waals surface area (Å²) in [5, 5.41) is 12.1. The Morgan fingerprint density at radius 1 is 1.00 bits per heavy atom. The standard InChI is InChI=1S/C24H22ClN9O/c1-31-10-12-32(13-11-31)17-8-6-16(7-9-17)28-23-26-14-18-21(29-23)33-15-27-30-24(33)34(22(18)35)20-5-3-2-4-19(20)25/h2-9,14-15H,10-13H2,1H3,(H,26,28,29). The van der Waals surface area contributed by atoms with Crippen LogP contribution in [0.25, 0.3) is 22.5 Å². The van der Waals surface area contributed by atoms with Crippen molar-refractivity contribution in [1.29, 1.82) is 0 Å². The van der Waals surface area contributed by atoms with Crippen molar-refractivity contribution in [2.75, 3.05) is 43.4 Å². The highest BCUT2D eigenvalue weighted by Gasteiger charge is 2.18. The second-order valence-electron chi connectivity index (χ2n) is 8.49. The molecule has 5 aromatic rings. The lowest BCUT2D eigenvalue weighted by atomic mass is 10.2. The van der Waals surface area contributed by atoms with Crippen molar-refractivity contribution in [2.24, 2.45) is 0 Å². The summed E-state index contributed by atoms with van der Waals surface area (Å²) in [6, 6.07) is 15.3. The number of hydrogen-bond acceptors (Lipinski definition) is 8. The lowest BCUT2D eigenvalue weighted by molar-refractivity contribution is 0.313. The second kappa shape index (κ2) is 8.64. The molecule has 0 atom stereocenters. The Labute approximate surface area is 205 Å². The summed E-state index contributed by atoms with van der Waals surface area (Å²) in [6.45, 7) is 4.14. The Morgan fingerprint density at radius 2 is 1.77 bits per heavy atom. The smallest absolute Gasteiger partial charge is 0.270 e. The third-order valence-corrected chi connectivity index (χ3v) is 6.56. The van der Waals surface area contributed by atoms with Crippen LogP contribution in [-0.2, 0) is 0 Å². The fourth-order valence-electron chi connectivity index (χ4n) is 4.31. The van der Waals surface area contributed by atoms with Crippen LogP contribution in [0.5, 0.6) is 0 Å². The first-order valence-electron chi connectivity index (χ1n) is 11.3. The van der Waals surface area contributed by atoms with Crippen LogP contribution in [0.3, 0.4) is 0 Å². The van der Waals surface area contributed by atoms with Crippen molar-refractivity contribution in [3.05, 3.63) is 76.4 Å². The molecule has 1 aliphatic rings. The minimum Gasteiger partial charge on any atom is -0.369 e.